The highest BCUT2D eigenvalue weighted by Gasteiger charge is 2.29. The van der Waals surface area contributed by atoms with Gasteiger partial charge in [-0.25, -0.2) is 0 Å². The molecule has 0 saturated heterocycles. The molecule has 0 amide bonds. The molecule has 3 rings (SSSR count). The molecule has 0 saturated carbocycles. The Kier molecular flexibility index (Phi) is 3.35. The van der Waals surface area contributed by atoms with Crippen LogP contribution in [0.15, 0.2) is 42.5 Å². The van der Waals surface area contributed by atoms with Crippen LogP contribution in [0.2, 0.25) is 0 Å². The van der Waals surface area contributed by atoms with Crippen LogP contribution in [0.3, 0.4) is 0 Å². The summed E-state index contributed by atoms with van der Waals surface area (Å²) < 4.78 is 0. The lowest BCUT2D eigenvalue weighted by molar-refractivity contribution is -0.384. The molecule has 0 spiro atoms. The van der Waals surface area contributed by atoms with E-state index < -0.39 is 0 Å². The third-order valence-corrected chi connectivity index (χ3v) is 3.94. The fraction of sp³-hybridized carbons (Fsp3) is 0.250. The van der Waals surface area contributed by atoms with Gasteiger partial charge in [0.05, 0.1) is 11.0 Å². The topological polar surface area (TPSA) is 81.2 Å². The van der Waals surface area contributed by atoms with Gasteiger partial charge in [-0.3, -0.25) is 10.1 Å². The number of hydrogen-bond donors (Lipinski definition) is 2. The first-order chi connectivity index (χ1) is 10.1. The molecule has 0 fully saturated rings. The largest absolute Gasteiger partial charge is 0.373 e. The van der Waals surface area contributed by atoms with E-state index in [0.717, 1.165) is 23.1 Å². The van der Waals surface area contributed by atoms with Gasteiger partial charge in [-0.2, -0.15) is 0 Å². The number of nitrogens with zero attached hydrogens (tertiary/aromatic N) is 1. The number of nitrogens with two attached hydrogens (primary N) is 1. The molecule has 5 heteroatoms. The molecule has 108 valence electrons. The summed E-state index contributed by atoms with van der Waals surface area (Å²) in [5.74, 6) is 0. The van der Waals surface area contributed by atoms with Crippen molar-refractivity contribution in [2.45, 2.75) is 25.4 Å². The summed E-state index contributed by atoms with van der Waals surface area (Å²) in [5.41, 5.74) is 9.90. The summed E-state index contributed by atoms with van der Waals surface area (Å²) in [5, 5.41) is 14.5. The number of aryl methyl sites for hydroxylation is 1. The molecule has 2 aromatic rings. The molecular weight excluding hydrogens is 266 g/mol. The van der Waals surface area contributed by atoms with Gasteiger partial charge in [-0.05, 0) is 36.1 Å². The first kappa shape index (κ1) is 13.6. The van der Waals surface area contributed by atoms with Gasteiger partial charge in [0.15, 0.2) is 0 Å². The van der Waals surface area contributed by atoms with E-state index >= 15 is 0 Å². The molecule has 0 aromatic heterocycles. The van der Waals surface area contributed by atoms with Gasteiger partial charge in [-0.15, -0.1) is 0 Å². The lowest BCUT2D eigenvalue weighted by Crippen LogP contribution is -2.11. The standard InChI is InChI=1S/C16H17N3O2/c1-10-6-7-14(16(8-10)19(20)21)18-15-9-13(17)11-4-2-3-5-12(11)15/h2-8,13,15,18H,9,17H2,1H3. The maximum Gasteiger partial charge on any atom is 0.292 e. The van der Waals surface area contributed by atoms with Crippen LogP contribution < -0.4 is 11.1 Å². The van der Waals surface area contributed by atoms with E-state index in [1.54, 1.807) is 12.1 Å². The highest BCUT2D eigenvalue weighted by Crippen LogP contribution is 2.40. The number of nitro groups is 1. The van der Waals surface area contributed by atoms with Crippen LogP contribution in [0.4, 0.5) is 11.4 Å². The minimum atomic E-state index is -0.351. The molecule has 21 heavy (non-hydrogen) atoms. The van der Waals surface area contributed by atoms with Crippen LogP contribution >= 0.6 is 0 Å². The number of nitro benzene ring substituents is 1. The van der Waals surface area contributed by atoms with Crippen molar-refractivity contribution in [1.82, 2.24) is 0 Å². The van der Waals surface area contributed by atoms with E-state index in [9.17, 15) is 10.1 Å². The Balaban J connectivity index is 1.94. The maximum atomic E-state index is 11.2. The van der Waals surface area contributed by atoms with E-state index in [1.165, 1.54) is 0 Å². The van der Waals surface area contributed by atoms with E-state index in [-0.39, 0.29) is 22.7 Å². The number of rotatable bonds is 3. The average molecular weight is 283 g/mol. The fourth-order valence-corrected chi connectivity index (χ4v) is 2.91. The van der Waals surface area contributed by atoms with Gasteiger partial charge in [0.1, 0.15) is 5.69 Å². The van der Waals surface area contributed by atoms with Crippen molar-refractivity contribution in [3.05, 3.63) is 69.3 Å². The third-order valence-electron chi connectivity index (χ3n) is 3.94. The molecular formula is C16H17N3O2. The van der Waals surface area contributed by atoms with Crippen LogP contribution in [0.5, 0.6) is 0 Å². The van der Waals surface area contributed by atoms with Crippen molar-refractivity contribution in [1.29, 1.82) is 0 Å². The molecule has 1 aliphatic rings. The molecule has 0 aliphatic heterocycles. The summed E-state index contributed by atoms with van der Waals surface area (Å²) in [6, 6.07) is 13.2. The Morgan fingerprint density at radius 2 is 1.95 bits per heavy atom. The van der Waals surface area contributed by atoms with Gasteiger partial charge < -0.3 is 11.1 Å². The molecule has 5 nitrogen and oxygen atoms in total. The van der Waals surface area contributed by atoms with Gasteiger partial charge >= 0.3 is 0 Å². The van der Waals surface area contributed by atoms with E-state index in [1.807, 2.05) is 37.3 Å². The Labute approximate surface area is 122 Å². The number of hydrogen-bond acceptors (Lipinski definition) is 4. The lowest BCUT2D eigenvalue weighted by atomic mass is 10.1. The van der Waals surface area contributed by atoms with Crippen LogP contribution in [0.25, 0.3) is 0 Å². The second-order valence-electron chi connectivity index (χ2n) is 5.45. The number of nitrogens with one attached hydrogen (secondary N) is 1. The van der Waals surface area contributed by atoms with E-state index in [4.69, 9.17) is 5.73 Å². The van der Waals surface area contributed by atoms with Gasteiger partial charge in [-0.1, -0.05) is 30.3 Å². The SMILES string of the molecule is Cc1ccc(NC2CC(N)c3ccccc32)c([N+](=O)[O-])c1. The Hall–Kier alpha value is -2.40. The van der Waals surface area contributed by atoms with Crippen molar-refractivity contribution in [2.75, 3.05) is 5.32 Å². The van der Waals surface area contributed by atoms with Crippen molar-refractivity contribution < 1.29 is 4.92 Å². The first-order valence-corrected chi connectivity index (χ1v) is 6.92. The molecule has 3 N–H and O–H groups in total. The minimum absolute atomic E-state index is 0.0117. The molecule has 1 aliphatic carbocycles. The Morgan fingerprint density at radius 3 is 2.67 bits per heavy atom. The Morgan fingerprint density at radius 1 is 1.24 bits per heavy atom. The molecule has 2 unspecified atom stereocenters. The zero-order valence-electron chi connectivity index (χ0n) is 11.7. The summed E-state index contributed by atoms with van der Waals surface area (Å²) in [7, 11) is 0. The normalized spacial score (nSPS) is 20.1. The summed E-state index contributed by atoms with van der Waals surface area (Å²) >= 11 is 0. The smallest absolute Gasteiger partial charge is 0.292 e. The highest BCUT2D eigenvalue weighted by atomic mass is 16.6. The maximum absolute atomic E-state index is 11.2. The second kappa shape index (κ2) is 5.18. The average Bonchev–Trinajstić information content (AvgIpc) is 2.78. The monoisotopic (exact) mass is 283 g/mol. The second-order valence-corrected chi connectivity index (χ2v) is 5.45. The summed E-state index contributed by atoms with van der Waals surface area (Å²) in [6.45, 7) is 1.84. The molecule has 2 atom stereocenters. The van der Waals surface area contributed by atoms with E-state index in [2.05, 4.69) is 5.32 Å². The predicted molar refractivity (Wildman–Crippen MR) is 82.2 cm³/mol. The Bertz CT molecular complexity index is 700. The van der Waals surface area contributed by atoms with Gasteiger partial charge in [0.2, 0.25) is 0 Å². The van der Waals surface area contributed by atoms with Crippen LogP contribution in [-0.4, -0.2) is 4.92 Å². The molecule has 0 bridgehead atoms. The first-order valence-electron chi connectivity index (χ1n) is 6.92. The molecule has 0 radical (unpaired) electrons. The lowest BCUT2D eigenvalue weighted by Gasteiger charge is -2.16. The summed E-state index contributed by atoms with van der Waals surface area (Å²) in [4.78, 5) is 10.8. The third kappa shape index (κ3) is 2.48. The zero-order chi connectivity index (χ0) is 15.0. The quantitative estimate of drug-likeness (QED) is 0.667. The molecule has 2 aromatic carbocycles. The predicted octanol–water partition coefficient (Wildman–Crippen LogP) is 3.46. The number of benzene rings is 2. The van der Waals surface area contributed by atoms with Crippen molar-refractivity contribution in [3.8, 4) is 0 Å². The van der Waals surface area contributed by atoms with Gasteiger partial charge in [0, 0.05) is 12.1 Å². The number of fused-ring (bicyclic) bond motifs is 1. The van der Waals surface area contributed by atoms with Crippen LogP contribution in [0.1, 0.15) is 35.2 Å². The van der Waals surface area contributed by atoms with E-state index in [0.29, 0.717) is 5.69 Å². The van der Waals surface area contributed by atoms with Crippen molar-refractivity contribution in [2.24, 2.45) is 5.73 Å². The van der Waals surface area contributed by atoms with Crippen LogP contribution in [0, 0.1) is 17.0 Å². The van der Waals surface area contributed by atoms with Crippen LogP contribution in [-0.2, 0) is 0 Å². The van der Waals surface area contributed by atoms with Gasteiger partial charge in [0.25, 0.3) is 5.69 Å². The van der Waals surface area contributed by atoms with Crippen molar-refractivity contribution in [3.63, 3.8) is 0 Å². The zero-order valence-corrected chi connectivity index (χ0v) is 11.7. The fourth-order valence-electron chi connectivity index (χ4n) is 2.91. The van der Waals surface area contributed by atoms with Crippen molar-refractivity contribution >= 4 is 11.4 Å². The minimum Gasteiger partial charge on any atom is -0.373 e. The highest BCUT2D eigenvalue weighted by molar-refractivity contribution is 5.64. The molecule has 0 heterocycles. The summed E-state index contributed by atoms with van der Waals surface area (Å²) in [6.07, 6.45) is 0.740. The number of anilines is 1.